The van der Waals surface area contributed by atoms with Crippen molar-refractivity contribution in [2.75, 3.05) is 0 Å². The summed E-state index contributed by atoms with van der Waals surface area (Å²) in [4.78, 5) is 4.54. The van der Waals surface area contributed by atoms with Crippen molar-refractivity contribution >= 4 is 11.3 Å². The molecule has 0 bridgehead atoms. The van der Waals surface area contributed by atoms with Crippen LogP contribution >= 0.6 is 11.3 Å². The topological polar surface area (TPSA) is 52.0 Å². The number of ether oxygens (including phenoxy) is 1. The fraction of sp³-hybridized carbons (Fsp3) is 0.538. The fourth-order valence-electron chi connectivity index (χ4n) is 1.66. The van der Waals surface area contributed by atoms with Crippen molar-refractivity contribution in [2.24, 2.45) is 7.05 Å². The summed E-state index contributed by atoms with van der Waals surface area (Å²) in [5.74, 6) is 0.771. The van der Waals surface area contributed by atoms with Gasteiger partial charge in [0, 0.05) is 31.1 Å². The smallest absolute Gasteiger partial charge is 0.212 e. The van der Waals surface area contributed by atoms with E-state index in [9.17, 15) is 0 Å². The quantitative estimate of drug-likeness (QED) is 0.882. The highest BCUT2D eigenvalue weighted by Crippen LogP contribution is 2.15. The summed E-state index contributed by atoms with van der Waals surface area (Å²) in [6.07, 6.45) is 0. The average Bonchev–Trinajstić information content (AvgIpc) is 2.91. The predicted octanol–water partition coefficient (Wildman–Crippen LogP) is 2.26. The Kier molecular flexibility index (Phi) is 4.55. The van der Waals surface area contributed by atoms with Crippen LogP contribution in [-0.4, -0.2) is 20.8 Å². The van der Waals surface area contributed by atoms with Crippen LogP contribution in [-0.2, 0) is 20.2 Å². The van der Waals surface area contributed by atoms with Crippen LogP contribution in [0, 0.1) is 6.92 Å². The molecule has 0 saturated heterocycles. The Balaban J connectivity index is 1.88. The van der Waals surface area contributed by atoms with Crippen molar-refractivity contribution in [3.05, 3.63) is 27.8 Å². The molecule has 0 amide bonds. The normalized spacial score (nSPS) is 11.2. The van der Waals surface area contributed by atoms with Crippen LogP contribution in [0.15, 0.2) is 11.4 Å². The molecule has 0 aliphatic carbocycles. The maximum Gasteiger partial charge on any atom is 0.212 e. The van der Waals surface area contributed by atoms with Gasteiger partial charge in [-0.1, -0.05) is 13.8 Å². The first-order chi connectivity index (χ1) is 9.04. The van der Waals surface area contributed by atoms with Crippen molar-refractivity contribution in [1.82, 2.24) is 20.1 Å². The van der Waals surface area contributed by atoms with Gasteiger partial charge in [-0.2, -0.15) is 5.10 Å². The van der Waals surface area contributed by atoms with E-state index in [4.69, 9.17) is 4.74 Å². The lowest BCUT2D eigenvalue weighted by atomic mass is 10.4. The van der Waals surface area contributed by atoms with E-state index in [0.717, 1.165) is 28.8 Å². The third kappa shape index (κ3) is 4.04. The lowest BCUT2D eigenvalue weighted by Crippen LogP contribution is -2.21. The Labute approximate surface area is 117 Å². The zero-order valence-electron chi connectivity index (χ0n) is 11.8. The van der Waals surface area contributed by atoms with Gasteiger partial charge in [-0.05, 0) is 6.92 Å². The van der Waals surface area contributed by atoms with Gasteiger partial charge in [-0.3, -0.25) is 0 Å². The zero-order chi connectivity index (χ0) is 13.8. The third-order valence-electron chi connectivity index (χ3n) is 2.59. The number of aryl methyl sites for hydroxylation is 2. The first kappa shape index (κ1) is 14.0. The number of aromatic nitrogens is 3. The predicted molar refractivity (Wildman–Crippen MR) is 76.4 cm³/mol. The van der Waals surface area contributed by atoms with E-state index in [-0.39, 0.29) is 0 Å². The van der Waals surface area contributed by atoms with Gasteiger partial charge in [-0.15, -0.1) is 11.3 Å². The van der Waals surface area contributed by atoms with E-state index in [2.05, 4.69) is 29.2 Å². The Hall–Kier alpha value is -1.40. The summed E-state index contributed by atoms with van der Waals surface area (Å²) in [5, 5.41) is 10.7. The minimum Gasteiger partial charge on any atom is -0.471 e. The molecule has 2 rings (SSSR count). The molecule has 2 heterocycles. The molecule has 0 saturated carbocycles. The van der Waals surface area contributed by atoms with Gasteiger partial charge in [0.05, 0.1) is 11.4 Å². The molecule has 2 aromatic heterocycles. The van der Waals surface area contributed by atoms with Gasteiger partial charge in [0.2, 0.25) is 5.88 Å². The molecule has 6 heteroatoms. The Morgan fingerprint density at radius 1 is 1.47 bits per heavy atom. The molecule has 0 aliphatic rings. The second-order valence-corrected chi connectivity index (χ2v) is 5.75. The van der Waals surface area contributed by atoms with Crippen molar-refractivity contribution in [3.63, 3.8) is 0 Å². The van der Waals surface area contributed by atoms with E-state index in [1.165, 1.54) is 0 Å². The monoisotopic (exact) mass is 280 g/mol. The Morgan fingerprint density at radius 3 is 2.89 bits per heavy atom. The molecule has 0 spiro atoms. The fourth-order valence-corrected chi connectivity index (χ4v) is 2.39. The van der Waals surface area contributed by atoms with Crippen LogP contribution in [0.25, 0.3) is 0 Å². The highest BCUT2D eigenvalue weighted by Gasteiger charge is 2.06. The summed E-state index contributed by atoms with van der Waals surface area (Å²) in [5.41, 5.74) is 1.92. The summed E-state index contributed by atoms with van der Waals surface area (Å²) >= 11 is 1.66. The standard InChI is InChI=1S/C13H20N4OS/c1-9(2)14-6-12-15-11(8-19-12)7-18-13-5-10(3)16-17(13)4/h5,8-9,14H,6-7H2,1-4H3. The first-order valence-electron chi connectivity index (χ1n) is 6.34. The van der Waals surface area contributed by atoms with Crippen LogP contribution in [0.1, 0.15) is 30.2 Å². The minimum atomic E-state index is 0.473. The van der Waals surface area contributed by atoms with Crippen LogP contribution in [0.5, 0.6) is 5.88 Å². The van der Waals surface area contributed by atoms with Gasteiger partial charge >= 0.3 is 0 Å². The summed E-state index contributed by atoms with van der Waals surface area (Å²) < 4.78 is 7.45. The molecule has 0 aromatic carbocycles. The second-order valence-electron chi connectivity index (χ2n) is 4.80. The number of hydrogen-bond donors (Lipinski definition) is 1. The molecular formula is C13H20N4OS. The molecular weight excluding hydrogens is 260 g/mol. The number of nitrogens with zero attached hydrogens (tertiary/aromatic N) is 3. The largest absolute Gasteiger partial charge is 0.471 e. The molecule has 0 aliphatic heterocycles. The van der Waals surface area contributed by atoms with Crippen LogP contribution < -0.4 is 10.1 Å². The van der Waals surface area contributed by atoms with Crippen molar-refractivity contribution in [3.8, 4) is 5.88 Å². The number of hydrogen-bond acceptors (Lipinski definition) is 5. The molecule has 0 fully saturated rings. The SMILES string of the molecule is Cc1cc(OCc2csc(CNC(C)C)n2)n(C)n1. The van der Waals surface area contributed by atoms with Crippen molar-refractivity contribution in [1.29, 1.82) is 0 Å². The van der Waals surface area contributed by atoms with Crippen LogP contribution in [0.2, 0.25) is 0 Å². The minimum absolute atomic E-state index is 0.473. The lowest BCUT2D eigenvalue weighted by Gasteiger charge is -2.05. The highest BCUT2D eigenvalue weighted by molar-refractivity contribution is 7.09. The molecule has 0 unspecified atom stereocenters. The van der Waals surface area contributed by atoms with Crippen molar-refractivity contribution < 1.29 is 4.74 Å². The molecule has 0 atom stereocenters. The number of thiazole rings is 1. The average molecular weight is 280 g/mol. The molecule has 5 nitrogen and oxygen atoms in total. The lowest BCUT2D eigenvalue weighted by molar-refractivity contribution is 0.275. The van der Waals surface area contributed by atoms with Crippen molar-refractivity contribution in [2.45, 2.75) is 40.0 Å². The summed E-state index contributed by atoms with van der Waals surface area (Å²) in [6.45, 7) is 7.50. The summed E-state index contributed by atoms with van der Waals surface area (Å²) in [7, 11) is 1.88. The van der Waals surface area contributed by atoms with Gasteiger partial charge in [0.1, 0.15) is 11.6 Å². The first-order valence-corrected chi connectivity index (χ1v) is 7.22. The van der Waals surface area contributed by atoms with E-state index in [0.29, 0.717) is 12.6 Å². The maximum atomic E-state index is 5.71. The molecule has 0 radical (unpaired) electrons. The van der Waals surface area contributed by atoms with Gasteiger partial charge in [0.25, 0.3) is 0 Å². The second kappa shape index (κ2) is 6.16. The number of rotatable bonds is 6. The summed E-state index contributed by atoms with van der Waals surface area (Å²) in [6, 6.07) is 2.40. The third-order valence-corrected chi connectivity index (χ3v) is 3.49. The maximum absolute atomic E-state index is 5.71. The number of nitrogens with one attached hydrogen (secondary N) is 1. The van der Waals surface area contributed by atoms with Gasteiger partial charge in [0.15, 0.2) is 0 Å². The van der Waals surface area contributed by atoms with Crippen LogP contribution in [0.3, 0.4) is 0 Å². The highest BCUT2D eigenvalue weighted by atomic mass is 32.1. The van der Waals surface area contributed by atoms with E-state index in [1.54, 1.807) is 16.0 Å². The Morgan fingerprint density at radius 2 is 2.26 bits per heavy atom. The Bertz CT molecular complexity index is 532. The van der Waals surface area contributed by atoms with E-state index in [1.807, 2.05) is 25.4 Å². The zero-order valence-corrected chi connectivity index (χ0v) is 12.6. The molecule has 1 N–H and O–H groups in total. The molecule has 104 valence electrons. The van der Waals surface area contributed by atoms with E-state index < -0.39 is 0 Å². The van der Waals surface area contributed by atoms with Gasteiger partial charge < -0.3 is 10.1 Å². The van der Waals surface area contributed by atoms with Crippen LogP contribution in [0.4, 0.5) is 0 Å². The van der Waals surface area contributed by atoms with E-state index >= 15 is 0 Å². The molecule has 19 heavy (non-hydrogen) atoms. The molecule has 2 aromatic rings. The van der Waals surface area contributed by atoms with Gasteiger partial charge in [-0.25, -0.2) is 9.67 Å².